The number of hydrogen-bond donors (Lipinski definition) is 0. The predicted molar refractivity (Wildman–Crippen MR) is 70.6 cm³/mol. The van der Waals surface area contributed by atoms with E-state index in [1.54, 1.807) is 25.1 Å². The molecular formula is C12H9BrClNO3. The Bertz CT molecular complexity index is 562. The molecule has 2 rings (SSSR count). The van der Waals surface area contributed by atoms with Crippen LogP contribution in [0, 0.1) is 0 Å². The van der Waals surface area contributed by atoms with Gasteiger partial charge in [-0.25, -0.2) is 9.78 Å². The molecule has 0 radical (unpaired) electrons. The highest BCUT2D eigenvalue weighted by Gasteiger charge is 2.19. The molecule has 0 N–H and O–H groups in total. The van der Waals surface area contributed by atoms with E-state index in [-0.39, 0.29) is 12.3 Å². The summed E-state index contributed by atoms with van der Waals surface area (Å²) < 4.78 is 10.9. The largest absolute Gasteiger partial charge is 0.461 e. The molecule has 0 unspecified atom stereocenters. The van der Waals surface area contributed by atoms with E-state index < -0.39 is 5.97 Å². The summed E-state index contributed by atoms with van der Waals surface area (Å²) in [6.45, 7) is 2.01. The minimum absolute atomic E-state index is 0.144. The predicted octanol–water partition coefficient (Wildman–Crippen LogP) is 3.93. The van der Waals surface area contributed by atoms with Gasteiger partial charge in [0.2, 0.25) is 0 Å². The van der Waals surface area contributed by atoms with Crippen LogP contribution in [0.4, 0.5) is 0 Å². The summed E-state index contributed by atoms with van der Waals surface area (Å²) in [4.78, 5) is 15.6. The number of benzene rings is 1. The normalized spacial score (nSPS) is 10.4. The molecule has 0 saturated heterocycles. The van der Waals surface area contributed by atoms with Crippen molar-refractivity contribution in [2.45, 2.75) is 6.92 Å². The smallest absolute Gasteiger partial charge is 0.360 e. The van der Waals surface area contributed by atoms with Crippen LogP contribution in [-0.4, -0.2) is 17.6 Å². The lowest BCUT2D eigenvalue weighted by atomic mass is 10.1. The Labute approximate surface area is 117 Å². The van der Waals surface area contributed by atoms with Crippen LogP contribution < -0.4 is 0 Å². The van der Waals surface area contributed by atoms with Crippen molar-refractivity contribution >= 4 is 33.5 Å². The fraction of sp³-hybridized carbons (Fsp3) is 0.167. The standard InChI is InChI=1S/C12H9BrClNO3/c1-2-17-12(16)10-11(18-6-15-10)7-3-8(13)5-9(14)4-7/h3-6H,2H2,1H3. The summed E-state index contributed by atoms with van der Waals surface area (Å²) in [6, 6.07) is 5.22. The first-order valence-corrected chi connectivity index (χ1v) is 6.36. The molecule has 0 aliphatic heterocycles. The highest BCUT2D eigenvalue weighted by atomic mass is 79.9. The van der Waals surface area contributed by atoms with Gasteiger partial charge in [-0.1, -0.05) is 27.5 Å². The van der Waals surface area contributed by atoms with Crippen LogP contribution in [0.3, 0.4) is 0 Å². The number of carbonyl (C=O) groups excluding carboxylic acids is 1. The van der Waals surface area contributed by atoms with E-state index in [2.05, 4.69) is 20.9 Å². The molecule has 2 aromatic rings. The van der Waals surface area contributed by atoms with Gasteiger partial charge < -0.3 is 9.15 Å². The first-order valence-electron chi connectivity index (χ1n) is 5.19. The number of halogens is 2. The van der Waals surface area contributed by atoms with Crippen LogP contribution in [0.5, 0.6) is 0 Å². The first-order chi connectivity index (χ1) is 8.61. The van der Waals surface area contributed by atoms with Crippen LogP contribution in [-0.2, 0) is 4.74 Å². The van der Waals surface area contributed by atoms with Gasteiger partial charge in [-0.2, -0.15) is 0 Å². The Balaban J connectivity index is 2.45. The molecule has 0 saturated carbocycles. The average Bonchev–Trinajstić information content (AvgIpc) is 2.76. The Morgan fingerprint density at radius 2 is 2.28 bits per heavy atom. The Hall–Kier alpha value is -1.33. The van der Waals surface area contributed by atoms with Crippen molar-refractivity contribution in [2.24, 2.45) is 0 Å². The van der Waals surface area contributed by atoms with E-state index in [9.17, 15) is 4.79 Å². The molecule has 0 fully saturated rings. The van der Waals surface area contributed by atoms with E-state index in [0.29, 0.717) is 16.3 Å². The highest BCUT2D eigenvalue weighted by molar-refractivity contribution is 9.10. The number of hydrogen-bond acceptors (Lipinski definition) is 4. The van der Waals surface area contributed by atoms with Crippen LogP contribution >= 0.6 is 27.5 Å². The molecule has 0 bridgehead atoms. The molecule has 0 amide bonds. The van der Waals surface area contributed by atoms with Crippen molar-refractivity contribution in [2.75, 3.05) is 6.61 Å². The van der Waals surface area contributed by atoms with Gasteiger partial charge in [0.05, 0.1) is 6.61 Å². The molecule has 0 atom stereocenters. The number of esters is 1. The van der Waals surface area contributed by atoms with E-state index in [1.807, 2.05) is 0 Å². The van der Waals surface area contributed by atoms with E-state index in [1.165, 1.54) is 6.39 Å². The molecule has 94 valence electrons. The SMILES string of the molecule is CCOC(=O)c1ncoc1-c1cc(Cl)cc(Br)c1. The molecule has 1 heterocycles. The van der Waals surface area contributed by atoms with Crippen LogP contribution in [0.25, 0.3) is 11.3 Å². The van der Waals surface area contributed by atoms with Crippen molar-refractivity contribution < 1.29 is 13.9 Å². The number of oxazole rings is 1. The minimum atomic E-state index is -0.516. The first kappa shape index (κ1) is 13.1. The Kier molecular flexibility index (Phi) is 4.04. The maximum atomic E-state index is 11.7. The lowest BCUT2D eigenvalue weighted by Crippen LogP contribution is -2.06. The van der Waals surface area contributed by atoms with Gasteiger partial charge in [-0.3, -0.25) is 0 Å². The van der Waals surface area contributed by atoms with Crippen molar-refractivity contribution in [3.05, 3.63) is 39.8 Å². The van der Waals surface area contributed by atoms with Crippen molar-refractivity contribution in [1.82, 2.24) is 4.98 Å². The topological polar surface area (TPSA) is 52.3 Å². The molecular weight excluding hydrogens is 321 g/mol. The zero-order valence-corrected chi connectivity index (χ0v) is 11.8. The number of aromatic nitrogens is 1. The molecule has 0 aliphatic rings. The molecule has 1 aromatic heterocycles. The van der Waals surface area contributed by atoms with E-state index in [0.717, 1.165) is 4.47 Å². The van der Waals surface area contributed by atoms with Gasteiger partial charge in [0.25, 0.3) is 0 Å². The van der Waals surface area contributed by atoms with Gasteiger partial charge in [-0.15, -0.1) is 0 Å². The van der Waals surface area contributed by atoms with Crippen LogP contribution in [0.15, 0.2) is 33.5 Å². The molecule has 6 heteroatoms. The second-order valence-corrected chi connectivity index (χ2v) is 4.76. The van der Waals surface area contributed by atoms with Gasteiger partial charge in [-0.05, 0) is 25.1 Å². The molecule has 0 spiro atoms. The van der Waals surface area contributed by atoms with E-state index in [4.69, 9.17) is 20.8 Å². The van der Waals surface area contributed by atoms with Gasteiger partial charge >= 0.3 is 5.97 Å². The number of carbonyl (C=O) groups is 1. The molecule has 18 heavy (non-hydrogen) atoms. The Morgan fingerprint density at radius 3 is 2.94 bits per heavy atom. The summed E-state index contributed by atoms with van der Waals surface area (Å²) in [7, 11) is 0. The van der Waals surface area contributed by atoms with Gasteiger partial charge in [0, 0.05) is 15.1 Å². The zero-order chi connectivity index (χ0) is 13.1. The zero-order valence-electron chi connectivity index (χ0n) is 9.44. The highest BCUT2D eigenvalue weighted by Crippen LogP contribution is 2.29. The maximum Gasteiger partial charge on any atom is 0.360 e. The molecule has 4 nitrogen and oxygen atoms in total. The maximum absolute atomic E-state index is 11.7. The monoisotopic (exact) mass is 329 g/mol. The summed E-state index contributed by atoms with van der Waals surface area (Å²) in [5.74, 6) is -0.172. The third-order valence-electron chi connectivity index (χ3n) is 2.16. The van der Waals surface area contributed by atoms with Gasteiger partial charge in [0.15, 0.2) is 17.8 Å². The number of nitrogens with zero attached hydrogens (tertiary/aromatic N) is 1. The minimum Gasteiger partial charge on any atom is -0.461 e. The van der Waals surface area contributed by atoms with Crippen LogP contribution in [0.2, 0.25) is 5.02 Å². The fourth-order valence-electron chi connectivity index (χ4n) is 1.48. The lowest BCUT2D eigenvalue weighted by molar-refractivity contribution is 0.0520. The molecule has 1 aromatic carbocycles. The van der Waals surface area contributed by atoms with Crippen molar-refractivity contribution in [1.29, 1.82) is 0 Å². The second kappa shape index (κ2) is 5.54. The summed E-state index contributed by atoms with van der Waals surface area (Å²) in [5.41, 5.74) is 0.806. The summed E-state index contributed by atoms with van der Waals surface area (Å²) in [6.07, 6.45) is 1.20. The average molecular weight is 331 g/mol. The van der Waals surface area contributed by atoms with E-state index >= 15 is 0 Å². The van der Waals surface area contributed by atoms with Crippen LogP contribution in [0.1, 0.15) is 17.4 Å². The third kappa shape index (κ3) is 2.73. The van der Waals surface area contributed by atoms with Crippen molar-refractivity contribution in [3.8, 4) is 11.3 Å². The Morgan fingerprint density at radius 1 is 1.50 bits per heavy atom. The lowest BCUT2D eigenvalue weighted by Gasteiger charge is -2.03. The quantitative estimate of drug-likeness (QED) is 0.800. The molecule has 0 aliphatic carbocycles. The summed E-state index contributed by atoms with van der Waals surface area (Å²) >= 11 is 9.28. The summed E-state index contributed by atoms with van der Waals surface area (Å²) in [5, 5.41) is 0.533. The number of rotatable bonds is 3. The number of ether oxygens (including phenoxy) is 1. The third-order valence-corrected chi connectivity index (χ3v) is 2.84. The fourth-order valence-corrected chi connectivity index (χ4v) is 2.34. The van der Waals surface area contributed by atoms with Crippen molar-refractivity contribution in [3.63, 3.8) is 0 Å². The van der Waals surface area contributed by atoms with Gasteiger partial charge in [0.1, 0.15) is 0 Å². The second-order valence-electron chi connectivity index (χ2n) is 3.41.